The number of nitrogens with zero attached hydrogens (tertiary/aromatic N) is 4. The summed E-state index contributed by atoms with van der Waals surface area (Å²) in [7, 11) is 0. The van der Waals surface area contributed by atoms with E-state index in [0.717, 1.165) is 24.5 Å². The van der Waals surface area contributed by atoms with Crippen LogP contribution in [0.5, 0.6) is 0 Å². The van der Waals surface area contributed by atoms with Crippen molar-refractivity contribution < 1.29 is 0 Å². The number of hydrogen-bond donors (Lipinski definition) is 1. The lowest BCUT2D eigenvalue weighted by atomic mass is 10.1. The molecule has 0 aliphatic rings. The molecule has 0 spiro atoms. The minimum Gasteiger partial charge on any atom is -0.307 e. The number of hydrogen-bond acceptors (Lipinski definition) is 4. The second kappa shape index (κ2) is 6.61. The van der Waals surface area contributed by atoms with Crippen LogP contribution in [0.15, 0.2) is 24.3 Å². The molecule has 0 fully saturated rings. The second-order valence-corrected chi connectivity index (χ2v) is 5.50. The average molecular weight is 273 g/mol. The van der Waals surface area contributed by atoms with E-state index < -0.39 is 0 Å². The summed E-state index contributed by atoms with van der Waals surface area (Å²) in [4.78, 5) is 0. The van der Waals surface area contributed by atoms with Crippen molar-refractivity contribution in [1.82, 2.24) is 25.5 Å². The van der Waals surface area contributed by atoms with Crippen molar-refractivity contribution in [3.8, 4) is 5.69 Å². The third-order valence-electron chi connectivity index (χ3n) is 3.28. The van der Waals surface area contributed by atoms with E-state index in [1.165, 1.54) is 5.56 Å². The average Bonchev–Trinajstić information content (AvgIpc) is 2.94. The first-order chi connectivity index (χ1) is 9.61. The highest BCUT2D eigenvalue weighted by Gasteiger charge is 2.15. The van der Waals surface area contributed by atoms with Crippen LogP contribution < -0.4 is 5.32 Å². The van der Waals surface area contributed by atoms with Crippen molar-refractivity contribution in [2.24, 2.45) is 5.92 Å². The van der Waals surface area contributed by atoms with Crippen molar-refractivity contribution in [3.63, 3.8) is 0 Å². The maximum Gasteiger partial charge on any atom is 0.173 e. The van der Waals surface area contributed by atoms with Gasteiger partial charge in [0.05, 0.1) is 11.7 Å². The van der Waals surface area contributed by atoms with Gasteiger partial charge in [-0.1, -0.05) is 32.9 Å². The van der Waals surface area contributed by atoms with Crippen LogP contribution in [0.3, 0.4) is 0 Å². The Kier molecular flexibility index (Phi) is 4.84. The van der Waals surface area contributed by atoms with Crippen LogP contribution in [0.2, 0.25) is 0 Å². The molecule has 2 rings (SSSR count). The maximum absolute atomic E-state index is 4.17. The van der Waals surface area contributed by atoms with E-state index in [1.54, 1.807) is 0 Å². The Labute approximate surface area is 120 Å². The lowest BCUT2D eigenvalue weighted by Gasteiger charge is -2.15. The number of aromatic nitrogens is 4. The number of rotatable bonds is 6. The van der Waals surface area contributed by atoms with Crippen LogP contribution in [0.1, 0.15) is 45.1 Å². The number of benzene rings is 1. The molecule has 2 aromatic rings. The van der Waals surface area contributed by atoms with E-state index in [2.05, 4.69) is 60.7 Å². The minimum atomic E-state index is 0.123. The first-order valence-electron chi connectivity index (χ1n) is 7.22. The zero-order chi connectivity index (χ0) is 14.5. The normalized spacial score (nSPS) is 12.8. The minimum absolute atomic E-state index is 0.123. The molecule has 0 saturated carbocycles. The van der Waals surface area contributed by atoms with Gasteiger partial charge < -0.3 is 5.32 Å². The summed E-state index contributed by atoms with van der Waals surface area (Å²) in [5.74, 6) is 1.45. The lowest BCUT2D eigenvalue weighted by molar-refractivity contribution is 0.475. The Morgan fingerprint density at radius 2 is 2.05 bits per heavy atom. The smallest absolute Gasteiger partial charge is 0.173 e. The third-order valence-corrected chi connectivity index (χ3v) is 3.28. The van der Waals surface area contributed by atoms with Crippen LogP contribution in [0, 0.1) is 5.92 Å². The molecule has 108 valence electrons. The van der Waals surface area contributed by atoms with Gasteiger partial charge in [-0.2, -0.15) is 4.68 Å². The molecule has 5 nitrogen and oxygen atoms in total. The quantitative estimate of drug-likeness (QED) is 0.878. The highest BCUT2D eigenvalue weighted by atomic mass is 15.5. The van der Waals surface area contributed by atoms with Crippen LogP contribution in [-0.4, -0.2) is 26.8 Å². The van der Waals surface area contributed by atoms with Crippen LogP contribution in [0.25, 0.3) is 5.69 Å². The summed E-state index contributed by atoms with van der Waals surface area (Å²) < 4.78 is 1.82. The van der Waals surface area contributed by atoms with Gasteiger partial charge in [-0.05, 0) is 53.9 Å². The second-order valence-electron chi connectivity index (χ2n) is 5.50. The summed E-state index contributed by atoms with van der Waals surface area (Å²) in [6.07, 6.45) is 1.01. The molecular formula is C15H23N5. The van der Waals surface area contributed by atoms with Gasteiger partial charge in [0.25, 0.3) is 0 Å². The fraction of sp³-hybridized carbons (Fsp3) is 0.533. The van der Waals surface area contributed by atoms with Gasteiger partial charge in [-0.3, -0.25) is 0 Å². The van der Waals surface area contributed by atoms with Gasteiger partial charge in [0.1, 0.15) is 0 Å². The van der Waals surface area contributed by atoms with Gasteiger partial charge in [0, 0.05) is 0 Å². The van der Waals surface area contributed by atoms with Crippen LogP contribution in [-0.2, 0) is 6.42 Å². The highest BCUT2D eigenvalue weighted by molar-refractivity contribution is 5.35. The maximum atomic E-state index is 4.17. The van der Waals surface area contributed by atoms with Crippen molar-refractivity contribution in [2.45, 2.75) is 40.2 Å². The van der Waals surface area contributed by atoms with Crippen molar-refractivity contribution >= 4 is 0 Å². The SMILES string of the molecule is CCc1cccc(-n2nnnc2C(C)NCC(C)C)c1. The molecule has 0 saturated heterocycles. The lowest BCUT2D eigenvalue weighted by Crippen LogP contribution is -2.25. The Balaban J connectivity index is 2.23. The Morgan fingerprint density at radius 1 is 1.25 bits per heavy atom. The van der Waals surface area contributed by atoms with Crippen molar-refractivity contribution in [3.05, 3.63) is 35.7 Å². The van der Waals surface area contributed by atoms with E-state index in [1.807, 2.05) is 16.8 Å². The zero-order valence-electron chi connectivity index (χ0n) is 12.7. The summed E-state index contributed by atoms with van der Waals surface area (Å²) in [6.45, 7) is 9.56. The summed E-state index contributed by atoms with van der Waals surface area (Å²) in [5.41, 5.74) is 2.30. The van der Waals surface area contributed by atoms with E-state index in [9.17, 15) is 0 Å². The van der Waals surface area contributed by atoms with E-state index >= 15 is 0 Å². The predicted octanol–water partition coefficient (Wildman–Crippen LogP) is 2.53. The predicted molar refractivity (Wildman–Crippen MR) is 79.8 cm³/mol. The van der Waals surface area contributed by atoms with E-state index in [4.69, 9.17) is 0 Å². The molecule has 1 aromatic heterocycles. The third kappa shape index (κ3) is 3.42. The monoisotopic (exact) mass is 273 g/mol. The molecule has 1 N–H and O–H groups in total. The molecule has 0 aliphatic heterocycles. The number of tetrazole rings is 1. The van der Waals surface area contributed by atoms with Crippen LogP contribution in [0.4, 0.5) is 0 Å². The largest absolute Gasteiger partial charge is 0.307 e. The van der Waals surface area contributed by atoms with Gasteiger partial charge >= 0.3 is 0 Å². The molecule has 5 heteroatoms. The molecule has 0 bridgehead atoms. The standard InChI is InChI=1S/C15H23N5/c1-5-13-7-6-8-14(9-13)20-15(17-18-19-20)12(4)16-10-11(2)3/h6-9,11-12,16H,5,10H2,1-4H3. The molecule has 1 unspecified atom stereocenters. The Bertz CT molecular complexity index is 547. The fourth-order valence-electron chi connectivity index (χ4n) is 2.06. The van der Waals surface area contributed by atoms with Gasteiger partial charge in [0.2, 0.25) is 0 Å². The van der Waals surface area contributed by atoms with Crippen LogP contribution >= 0.6 is 0 Å². The molecule has 1 atom stereocenters. The fourth-order valence-corrected chi connectivity index (χ4v) is 2.06. The van der Waals surface area contributed by atoms with E-state index in [0.29, 0.717) is 5.92 Å². The van der Waals surface area contributed by atoms with E-state index in [-0.39, 0.29) is 6.04 Å². The molecule has 0 amide bonds. The summed E-state index contributed by atoms with van der Waals surface area (Å²) in [5, 5.41) is 15.6. The summed E-state index contributed by atoms with van der Waals surface area (Å²) in [6, 6.07) is 8.46. The molecule has 0 aliphatic carbocycles. The summed E-state index contributed by atoms with van der Waals surface area (Å²) >= 11 is 0. The van der Waals surface area contributed by atoms with Gasteiger partial charge in [0.15, 0.2) is 5.82 Å². The van der Waals surface area contributed by atoms with Crippen molar-refractivity contribution in [2.75, 3.05) is 6.54 Å². The topological polar surface area (TPSA) is 55.6 Å². The molecular weight excluding hydrogens is 250 g/mol. The molecule has 20 heavy (non-hydrogen) atoms. The molecule has 1 aromatic carbocycles. The molecule has 1 heterocycles. The highest BCUT2D eigenvalue weighted by Crippen LogP contribution is 2.15. The molecule has 0 radical (unpaired) electrons. The first kappa shape index (κ1) is 14.7. The Hall–Kier alpha value is -1.75. The van der Waals surface area contributed by atoms with Gasteiger partial charge in [-0.15, -0.1) is 5.10 Å². The van der Waals surface area contributed by atoms with Crippen molar-refractivity contribution in [1.29, 1.82) is 0 Å². The first-order valence-corrected chi connectivity index (χ1v) is 7.22. The zero-order valence-corrected chi connectivity index (χ0v) is 12.7. The number of nitrogens with one attached hydrogen (secondary N) is 1. The Morgan fingerprint density at radius 3 is 2.75 bits per heavy atom. The number of aryl methyl sites for hydroxylation is 1. The van der Waals surface area contributed by atoms with Gasteiger partial charge in [-0.25, -0.2) is 0 Å².